The van der Waals surface area contributed by atoms with Gasteiger partial charge in [-0.3, -0.25) is 9.59 Å². The van der Waals surface area contributed by atoms with Crippen molar-refractivity contribution in [3.8, 4) is 0 Å². The lowest BCUT2D eigenvalue weighted by atomic mass is 10.0. The van der Waals surface area contributed by atoms with Crippen LogP contribution in [-0.4, -0.2) is 82.3 Å². The SMILES string of the molecule is CC/C=C\C/C=C\C/C=C\C/C=C\C/C=C\C/C=C\C/C=C\C/C=C\C/C=C\CCCCCC(=O)OC(COC(=O)CCCCCCCCCCCCCCCC)COC(OCC[N+](C)(C)C)C(=O)[O-]. The lowest BCUT2D eigenvalue weighted by Crippen LogP contribution is -2.44. The smallest absolute Gasteiger partial charge is 0.306 e. The van der Waals surface area contributed by atoms with Crippen molar-refractivity contribution in [3.63, 3.8) is 0 Å². The van der Waals surface area contributed by atoms with E-state index in [1.54, 1.807) is 0 Å². The maximum Gasteiger partial charge on any atom is 0.306 e. The van der Waals surface area contributed by atoms with Gasteiger partial charge in [0.2, 0.25) is 0 Å². The summed E-state index contributed by atoms with van der Waals surface area (Å²) in [7, 11) is 5.90. The number of aliphatic carboxylic acids is 1. The molecule has 0 aromatic rings. The molecule has 0 saturated carbocycles. The molecule has 9 nitrogen and oxygen atoms in total. The highest BCUT2D eigenvalue weighted by molar-refractivity contribution is 5.70. The quantitative estimate of drug-likeness (QED) is 0.0195. The van der Waals surface area contributed by atoms with Gasteiger partial charge in [0.15, 0.2) is 12.4 Å². The number of carbonyl (C=O) groups excluding carboxylic acids is 3. The van der Waals surface area contributed by atoms with Crippen LogP contribution in [0.4, 0.5) is 0 Å². The van der Waals surface area contributed by atoms with Gasteiger partial charge in [-0.2, -0.15) is 0 Å². The second kappa shape index (κ2) is 51.3. The molecule has 0 saturated heterocycles. The minimum Gasteiger partial charge on any atom is -0.545 e. The summed E-state index contributed by atoms with van der Waals surface area (Å²) in [5.41, 5.74) is 0. The Kier molecular flexibility index (Phi) is 48.3. The summed E-state index contributed by atoms with van der Waals surface area (Å²) in [6, 6.07) is 0. The first-order valence-corrected chi connectivity index (χ1v) is 27.5. The van der Waals surface area contributed by atoms with Crippen LogP contribution in [0, 0.1) is 0 Å². The normalized spacial score (nSPS) is 13.7. The van der Waals surface area contributed by atoms with E-state index in [9.17, 15) is 19.5 Å². The third-order valence-corrected chi connectivity index (χ3v) is 11.3. The van der Waals surface area contributed by atoms with Crippen molar-refractivity contribution in [2.24, 2.45) is 0 Å². The van der Waals surface area contributed by atoms with Gasteiger partial charge in [-0.05, 0) is 83.5 Å². The molecule has 0 aromatic carbocycles. The average Bonchev–Trinajstić information content (AvgIpc) is 3.33. The summed E-state index contributed by atoms with van der Waals surface area (Å²) in [6.07, 6.45) is 67.0. The summed E-state index contributed by atoms with van der Waals surface area (Å²) < 4.78 is 22.6. The van der Waals surface area contributed by atoms with Gasteiger partial charge in [0.25, 0.3) is 0 Å². The summed E-state index contributed by atoms with van der Waals surface area (Å²) in [5.74, 6) is -2.34. The van der Waals surface area contributed by atoms with Crippen LogP contribution in [0.3, 0.4) is 0 Å². The summed E-state index contributed by atoms with van der Waals surface area (Å²) >= 11 is 0. The number of rotatable bonds is 49. The molecule has 0 amide bonds. The zero-order valence-corrected chi connectivity index (χ0v) is 45.1. The summed E-state index contributed by atoms with van der Waals surface area (Å²) in [5, 5.41) is 11.7. The first kappa shape index (κ1) is 66.0. The highest BCUT2D eigenvalue weighted by Crippen LogP contribution is 2.14. The minimum atomic E-state index is -1.64. The summed E-state index contributed by atoms with van der Waals surface area (Å²) in [4.78, 5) is 37.2. The zero-order valence-electron chi connectivity index (χ0n) is 45.1. The van der Waals surface area contributed by atoms with Crippen molar-refractivity contribution in [3.05, 3.63) is 109 Å². The fraction of sp³-hybridized carbons (Fsp3) is 0.656. The molecular weight excluding hydrogens is 875 g/mol. The molecule has 0 radical (unpaired) electrons. The van der Waals surface area contributed by atoms with E-state index in [-0.39, 0.29) is 38.6 Å². The first-order valence-electron chi connectivity index (χ1n) is 27.5. The molecule has 0 aliphatic heterocycles. The number of likely N-dealkylation sites (N-methyl/N-ethyl adjacent to an activating group) is 1. The fourth-order valence-electron chi connectivity index (χ4n) is 7.06. The Morgan fingerprint density at radius 1 is 0.443 bits per heavy atom. The average molecular weight is 976 g/mol. The largest absolute Gasteiger partial charge is 0.545 e. The van der Waals surface area contributed by atoms with Gasteiger partial charge in [-0.25, -0.2) is 0 Å². The molecule has 2 atom stereocenters. The van der Waals surface area contributed by atoms with Gasteiger partial charge in [-0.15, -0.1) is 0 Å². The van der Waals surface area contributed by atoms with Crippen LogP contribution in [0.5, 0.6) is 0 Å². The van der Waals surface area contributed by atoms with Crippen molar-refractivity contribution < 1.29 is 42.9 Å². The maximum atomic E-state index is 12.8. The number of allylic oxidation sites excluding steroid dienone is 18. The molecular formula is C61H101NO8. The molecule has 0 N–H and O–H groups in total. The minimum absolute atomic E-state index is 0.136. The highest BCUT2D eigenvalue weighted by Gasteiger charge is 2.22. The number of unbranched alkanes of at least 4 members (excludes halogenated alkanes) is 16. The van der Waals surface area contributed by atoms with Crippen LogP contribution in [0.1, 0.15) is 200 Å². The molecule has 0 aromatic heterocycles. The Labute approximate surface area is 428 Å². The van der Waals surface area contributed by atoms with Crippen LogP contribution in [0.25, 0.3) is 0 Å². The topological polar surface area (TPSA) is 111 Å². The number of quaternary nitrogens is 1. The second-order valence-electron chi connectivity index (χ2n) is 19.1. The lowest BCUT2D eigenvalue weighted by Gasteiger charge is -2.26. The van der Waals surface area contributed by atoms with Gasteiger partial charge in [0.1, 0.15) is 13.2 Å². The van der Waals surface area contributed by atoms with Gasteiger partial charge < -0.3 is 33.3 Å². The summed E-state index contributed by atoms with van der Waals surface area (Å²) in [6.45, 7) is 4.58. The molecule has 0 aliphatic rings. The van der Waals surface area contributed by atoms with Crippen molar-refractivity contribution in [1.82, 2.24) is 0 Å². The van der Waals surface area contributed by atoms with E-state index >= 15 is 0 Å². The number of hydrogen-bond acceptors (Lipinski definition) is 8. The lowest BCUT2D eigenvalue weighted by molar-refractivity contribution is -0.870. The van der Waals surface area contributed by atoms with Gasteiger partial charge in [0, 0.05) is 12.8 Å². The third-order valence-electron chi connectivity index (χ3n) is 11.3. The van der Waals surface area contributed by atoms with E-state index in [0.717, 1.165) is 96.3 Å². The van der Waals surface area contributed by atoms with Crippen molar-refractivity contribution >= 4 is 17.9 Å². The Morgan fingerprint density at radius 2 is 0.814 bits per heavy atom. The maximum absolute atomic E-state index is 12.8. The molecule has 0 spiro atoms. The Hall–Kier alpha value is -4.05. The number of hydrogen-bond donors (Lipinski definition) is 0. The number of nitrogens with zero attached hydrogens (tertiary/aromatic N) is 1. The van der Waals surface area contributed by atoms with E-state index in [2.05, 4.69) is 123 Å². The Morgan fingerprint density at radius 3 is 1.21 bits per heavy atom. The number of carboxylic acids is 1. The van der Waals surface area contributed by atoms with Crippen LogP contribution in [-0.2, 0) is 33.3 Å². The predicted molar refractivity (Wildman–Crippen MR) is 292 cm³/mol. The molecule has 0 rings (SSSR count). The monoisotopic (exact) mass is 976 g/mol. The first-order chi connectivity index (χ1) is 34.1. The Balaban J connectivity index is 4.36. The molecule has 0 heterocycles. The molecule has 2 unspecified atom stereocenters. The molecule has 0 aliphatic carbocycles. The van der Waals surface area contributed by atoms with E-state index in [1.807, 2.05) is 21.1 Å². The van der Waals surface area contributed by atoms with Gasteiger partial charge in [0.05, 0.1) is 40.3 Å². The highest BCUT2D eigenvalue weighted by atomic mass is 16.7. The van der Waals surface area contributed by atoms with E-state index in [1.165, 1.54) is 70.6 Å². The van der Waals surface area contributed by atoms with Crippen LogP contribution >= 0.6 is 0 Å². The van der Waals surface area contributed by atoms with E-state index in [4.69, 9.17) is 18.9 Å². The number of carboxylic acid groups (broad SMARTS) is 1. The molecule has 70 heavy (non-hydrogen) atoms. The second-order valence-corrected chi connectivity index (χ2v) is 19.1. The predicted octanol–water partition coefficient (Wildman–Crippen LogP) is 14.6. The van der Waals surface area contributed by atoms with Crippen LogP contribution in [0.2, 0.25) is 0 Å². The molecule has 0 bridgehead atoms. The number of ether oxygens (including phenoxy) is 4. The number of esters is 2. The van der Waals surface area contributed by atoms with E-state index in [0.29, 0.717) is 17.4 Å². The van der Waals surface area contributed by atoms with E-state index < -0.39 is 24.3 Å². The van der Waals surface area contributed by atoms with Crippen molar-refractivity contribution in [2.75, 3.05) is 47.5 Å². The third kappa shape index (κ3) is 51.8. The number of carbonyl (C=O) groups is 3. The standard InChI is InChI=1S/C61H101NO8/c1-6-8-10-12-14-16-18-20-22-23-24-25-26-27-28-29-30-31-32-33-34-35-36-37-38-40-42-44-46-48-50-52-59(64)70-57(56-69-61(60(65)66)67-54-53-62(3,4)5)55-68-58(63)51-49-47-45-43-41-39-21-19-17-15-13-11-9-7-2/h8,10,14,16,20,22,24-25,27-28,30-31,33-34,36-37,40,42,57,61H,6-7,9,11-13,15,17-19,21,23,26,29,32,35,38-39,41,43-56H2,1-5H3/b10-8-,16-14-,22-20-,25-24-,28-27-,31-30-,34-33-,37-36-,42-40-. The zero-order chi connectivity index (χ0) is 51.3. The van der Waals surface area contributed by atoms with Crippen LogP contribution < -0.4 is 5.11 Å². The van der Waals surface area contributed by atoms with Crippen molar-refractivity contribution in [2.45, 2.75) is 212 Å². The molecule has 0 fully saturated rings. The van der Waals surface area contributed by atoms with Gasteiger partial charge >= 0.3 is 11.9 Å². The van der Waals surface area contributed by atoms with Gasteiger partial charge in [-0.1, -0.05) is 213 Å². The van der Waals surface area contributed by atoms with Crippen LogP contribution in [0.15, 0.2) is 109 Å². The Bertz CT molecular complexity index is 1510. The fourth-order valence-corrected chi connectivity index (χ4v) is 7.06. The molecule has 9 heteroatoms. The van der Waals surface area contributed by atoms with Crippen molar-refractivity contribution in [1.29, 1.82) is 0 Å². The molecule has 398 valence electrons.